The molecule has 0 bridgehead atoms. The second-order valence-corrected chi connectivity index (χ2v) is 5.23. The lowest BCUT2D eigenvalue weighted by molar-refractivity contribution is -0.123. The molecule has 3 N–H and O–H groups in total. The maximum Gasteiger partial charge on any atom is 0.237 e. The number of amides is 1. The van der Waals surface area contributed by atoms with Crippen LogP contribution in [-0.2, 0) is 4.79 Å². The first-order chi connectivity index (χ1) is 9.04. The summed E-state index contributed by atoms with van der Waals surface area (Å²) in [5.41, 5.74) is 6.92. The zero-order chi connectivity index (χ0) is 14.3. The summed E-state index contributed by atoms with van der Waals surface area (Å²) in [6.45, 7) is 7.90. The Morgan fingerprint density at radius 2 is 2.00 bits per heavy atom. The third-order valence-electron chi connectivity index (χ3n) is 2.98. The van der Waals surface area contributed by atoms with E-state index in [1.165, 1.54) is 0 Å². The lowest BCUT2D eigenvalue weighted by atomic mass is 9.96. The van der Waals surface area contributed by atoms with Crippen LogP contribution in [0.3, 0.4) is 0 Å². The number of nitrogens with one attached hydrogen (secondary N) is 1. The van der Waals surface area contributed by atoms with E-state index in [1.54, 1.807) is 6.08 Å². The van der Waals surface area contributed by atoms with Gasteiger partial charge in [-0.3, -0.25) is 4.79 Å². The van der Waals surface area contributed by atoms with Gasteiger partial charge in [-0.05, 0) is 24.3 Å². The average Bonchev–Trinajstić information content (AvgIpc) is 2.38. The van der Waals surface area contributed by atoms with Gasteiger partial charge in [0.2, 0.25) is 5.91 Å². The molecule has 0 spiro atoms. The van der Waals surface area contributed by atoms with Crippen molar-refractivity contribution < 1.29 is 4.79 Å². The van der Waals surface area contributed by atoms with Gasteiger partial charge in [0, 0.05) is 0 Å². The molecule has 2 unspecified atom stereocenters. The topological polar surface area (TPSA) is 55.1 Å². The summed E-state index contributed by atoms with van der Waals surface area (Å²) in [5.74, 6) is 0.385. The van der Waals surface area contributed by atoms with E-state index in [1.807, 2.05) is 30.3 Å². The monoisotopic (exact) mass is 260 g/mol. The predicted molar refractivity (Wildman–Crippen MR) is 79.6 cm³/mol. The Hall–Kier alpha value is -1.61. The van der Waals surface area contributed by atoms with Crippen molar-refractivity contribution in [1.82, 2.24) is 5.32 Å². The third-order valence-corrected chi connectivity index (χ3v) is 2.98. The molecule has 1 amide bonds. The zero-order valence-electron chi connectivity index (χ0n) is 11.8. The first-order valence-electron chi connectivity index (χ1n) is 6.76. The average molecular weight is 260 g/mol. The van der Waals surface area contributed by atoms with Gasteiger partial charge < -0.3 is 11.1 Å². The van der Waals surface area contributed by atoms with Crippen molar-refractivity contribution >= 4 is 5.91 Å². The van der Waals surface area contributed by atoms with Crippen LogP contribution in [-0.4, -0.2) is 11.9 Å². The largest absolute Gasteiger partial charge is 0.348 e. The van der Waals surface area contributed by atoms with Crippen LogP contribution in [0, 0.1) is 5.92 Å². The molecule has 0 aliphatic carbocycles. The molecule has 3 nitrogen and oxygen atoms in total. The van der Waals surface area contributed by atoms with Crippen molar-refractivity contribution in [2.45, 2.75) is 38.8 Å². The van der Waals surface area contributed by atoms with E-state index < -0.39 is 6.04 Å². The number of rotatable bonds is 7. The SMILES string of the molecule is C=CCC(N)C(=O)NC(CC(C)C)c1ccccc1. The van der Waals surface area contributed by atoms with E-state index >= 15 is 0 Å². The first-order valence-corrected chi connectivity index (χ1v) is 6.76. The van der Waals surface area contributed by atoms with Crippen molar-refractivity contribution in [2.24, 2.45) is 11.7 Å². The van der Waals surface area contributed by atoms with E-state index in [2.05, 4.69) is 25.7 Å². The minimum absolute atomic E-state index is 0.0181. The Kier molecular flexibility index (Phi) is 6.30. The van der Waals surface area contributed by atoms with Crippen LogP contribution in [0.5, 0.6) is 0 Å². The normalized spacial score (nSPS) is 13.9. The van der Waals surface area contributed by atoms with Crippen LogP contribution in [0.4, 0.5) is 0 Å². The summed E-state index contributed by atoms with van der Waals surface area (Å²) in [5, 5.41) is 3.04. The van der Waals surface area contributed by atoms with E-state index in [-0.39, 0.29) is 11.9 Å². The molecule has 1 aromatic rings. The van der Waals surface area contributed by atoms with Gasteiger partial charge in [0.1, 0.15) is 0 Å². The lowest BCUT2D eigenvalue weighted by Gasteiger charge is -2.22. The van der Waals surface area contributed by atoms with E-state index in [4.69, 9.17) is 5.73 Å². The molecule has 0 saturated heterocycles. The van der Waals surface area contributed by atoms with Crippen molar-refractivity contribution in [3.05, 3.63) is 48.6 Å². The Labute approximate surface area is 115 Å². The van der Waals surface area contributed by atoms with Crippen molar-refractivity contribution in [3.8, 4) is 0 Å². The molecule has 0 heterocycles. The highest BCUT2D eigenvalue weighted by atomic mass is 16.2. The summed E-state index contributed by atoms with van der Waals surface area (Å²) < 4.78 is 0. The van der Waals surface area contributed by atoms with Crippen molar-refractivity contribution in [1.29, 1.82) is 0 Å². The highest BCUT2D eigenvalue weighted by molar-refractivity contribution is 5.82. The molecule has 0 radical (unpaired) electrons. The van der Waals surface area contributed by atoms with Gasteiger partial charge in [0.05, 0.1) is 12.1 Å². The van der Waals surface area contributed by atoms with Crippen molar-refractivity contribution in [2.75, 3.05) is 0 Å². The molecule has 104 valence electrons. The zero-order valence-corrected chi connectivity index (χ0v) is 11.8. The number of hydrogen-bond donors (Lipinski definition) is 2. The molecule has 2 atom stereocenters. The number of benzene rings is 1. The fourth-order valence-corrected chi connectivity index (χ4v) is 2.00. The number of carbonyl (C=O) groups is 1. The molecule has 0 fully saturated rings. The molecule has 19 heavy (non-hydrogen) atoms. The number of hydrogen-bond acceptors (Lipinski definition) is 2. The molecule has 0 aliphatic rings. The highest BCUT2D eigenvalue weighted by Crippen LogP contribution is 2.21. The maximum atomic E-state index is 12.0. The van der Waals surface area contributed by atoms with Crippen LogP contribution in [0.1, 0.15) is 38.3 Å². The minimum Gasteiger partial charge on any atom is -0.348 e. The molecular formula is C16H24N2O. The van der Waals surface area contributed by atoms with Crippen molar-refractivity contribution in [3.63, 3.8) is 0 Å². The predicted octanol–water partition coefficient (Wildman–Crippen LogP) is 2.79. The van der Waals surface area contributed by atoms with Crippen LogP contribution >= 0.6 is 0 Å². The van der Waals surface area contributed by atoms with Crippen LogP contribution in [0.25, 0.3) is 0 Å². The minimum atomic E-state index is -0.518. The maximum absolute atomic E-state index is 12.0. The van der Waals surface area contributed by atoms with Gasteiger partial charge in [-0.2, -0.15) is 0 Å². The molecule has 0 aliphatic heterocycles. The Balaban J connectivity index is 2.75. The molecular weight excluding hydrogens is 236 g/mol. The van der Waals surface area contributed by atoms with Gasteiger partial charge in [-0.15, -0.1) is 6.58 Å². The van der Waals surface area contributed by atoms with Gasteiger partial charge in [0.25, 0.3) is 0 Å². The Morgan fingerprint density at radius 3 is 2.53 bits per heavy atom. The van der Waals surface area contributed by atoms with E-state index in [9.17, 15) is 4.79 Å². The number of carbonyl (C=O) groups excluding carboxylic acids is 1. The lowest BCUT2D eigenvalue weighted by Crippen LogP contribution is -2.42. The molecule has 0 saturated carbocycles. The summed E-state index contributed by atoms with van der Waals surface area (Å²) in [6, 6.07) is 9.51. The van der Waals surface area contributed by atoms with Crippen LogP contribution in [0.15, 0.2) is 43.0 Å². The van der Waals surface area contributed by atoms with E-state index in [0.717, 1.165) is 12.0 Å². The smallest absolute Gasteiger partial charge is 0.237 e. The summed E-state index contributed by atoms with van der Waals surface area (Å²) in [4.78, 5) is 12.0. The van der Waals surface area contributed by atoms with Gasteiger partial charge in [-0.25, -0.2) is 0 Å². The standard InChI is InChI=1S/C16H24N2O/c1-4-8-14(17)16(19)18-15(11-12(2)3)13-9-6-5-7-10-13/h4-7,9-10,12,14-15H,1,8,11,17H2,2-3H3,(H,18,19). The third kappa shape index (κ3) is 5.26. The second-order valence-electron chi connectivity index (χ2n) is 5.23. The van der Waals surface area contributed by atoms with Crippen LogP contribution < -0.4 is 11.1 Å². The molecule has 1 rings (SSSR count). The molecule has 1 aromatic carbocycles. The van der Waals surface area contributed by atoms with Gasteiger partial charge in [-0.1, -0.05) is 50.3 Å². The van der Waals surface area contributed by atoms with Gasteiger partial charge >= 0.3 is 0 Å². The van der Waals surface area contributed by atoms with Gasteiger partial charge in [0.15, 0.2) is 0 Å². The number of nitrogens with two attached hydrogens (primary N) is 1. The quantitative estimate of drug-likeness (QED) is 0.741. The summed E-state index contributed by atoms with van der Waals surface area (Å²) >= 11 is 0. The molecule has 0 aromatic heterocycles. The Morgan fingerprint density at radius 1 is 1.37 bits per heavy atom. The fraction of sp³-hybridized carbons (Fsp3) is 0.438. The Bertz CT molecular complexity index is 400. The molecule has 3 heteroatoms. The van der Waals surface area contributed by atoms with Crippen LogP contribution in [0.2, 0.25) is 0 Å². The summed E-state index contributed by atoms with van der Waals surface area (Å²) in [6.07, 6.45) is 3.07. The second kappa shape index (κ2) is 7.74. The summed E-state index contributed by atoms with van der Waals surface area (Å²) in [7, 11) is 0. The first kappa shape index (κ1) is 15.4. The fourth-order valence-electron chi connectivity index (χ4n) is 2.00. The highest BCUT2D eigenvalue weighted by Gasteiger charge is 2.19. The van der Waals surface area contributed by atoms with E-state index in [0.29, 0.717) is 12.3 Å².